The topological polar surface area (TPSA) is 67.4 Å². The maximum Gasteiger partial charge on any atom is 0.191 e. The van der Waals surface area contributed by atoms with Gasteiger partial charge in [-0.3, -0.25) is 0 Å². The third-order valence-corrected chi connectivity index (χ3v) is 3.83. The monoisotopic (exact) mass is 478 g/mol. The van der Waals surface area contributed by atoms with Crippen molar-refractivity contribution in [2.24, 2.45) is 4.99 Å². The molecular weight excluding hydrogens is 447 g/mol. The van der Waals surface area contributed by atoms with Crippen LogP contribution in [0.2, 0.25) is 0 Å². The number of ether oxygens (including phenoxy) is 3. The lowest BCUT2D eigenvalue weighted by Crippen LogP contribution is -2.42. The molecule has 7 nitrogen and oxygen atoms in total. The van der Waals surface area contributed by atoms with Gasteiger partial charge < -0.3 is 29.7 Å². The summed E-state index contributed by atoms with van der Waals surface area (Å²) in [7, 11) is 3.80. The van der Waals surface area contributed by atoms with Gasteiger partial charge in [0.15, 0.2) is 23.6 Å². The third kappa shape index (κ3) is 7.96. The number of hydrogen-bond acceptors (Lipinski definition) is 5. The lowest BCUT2D eigenvalue weighted by Gasteiger charge is -2.25. The molecule has 1 aliphatic rings. The zero-order valence-corrected chi connectivity index (χ0v) is 18.2. The second kappa shape index (κ2) is 13.0. The Morgan fingerprint density at radius 2 is 2.04 bits per heavy atom. The number of nitrogens with one attached hydrogen (secondary N) is 2. The smallest absolute Gasteiger partial charge is 0.191 e. The summed E-state index contributed by atoms with van der Waals surface area (Å²) in [4.78, 5) is 6.83. The summed E-state index contributed by atoms with van der Waals surface area (Å²) in [6.45, 7) is 7.32. The molecule has 1 aromatic carbocycles. The quantitative estimate of drug-likeness (QED) is 0.319. The van der Waals surface area contributed by atoms with Crippen LogP contribution in [-0.4, -0.2) is 77.1 Å². The van der Waals surface area contributed by atoms with Gasteiger partial charge in [-0.2, -0.15) is 0 Å². The van der Waals surface area contributed by atoms with Gasteiger partial charge in [0.05, 0.1) is 13.2 Å². The minimum atomic E-state index is -0.0743. The van der Waals surface area contributed by atoms with Crippen molar-refractivity contribution in [3.63, 3.8) is 0 Å². The fourth-order valence-corrected chi connectivity index (χ4v) is 2.41. The fraction of sp³-hybridized carbons (Fsp3) is 0.611. The summed E-state index contributed by atoms with van der Waals surface area (Å²) in [5, 5.41) is 6.60. The lowest BCUT2D eigenvalue weighted by atomic mass is 10.2. The van der Waals surface area contributed by atoms with Crippen LogP contribution in [0.3, 0.4) is 0 Å². The molecule has 1 atom stereocenters. The number of halogens is 1. The van der Waals surface area contributed by atoms with Crippen LogP contribution < -0.4 is 20.1 Å². The van der Waals surface area contributed by atoms with E-state index in [9.17, 15) is 0 Å². The Morgan fingerprint density at radius 3 is 2.77 bits per heavy atom. The van der Waals surface area contributed by atoms with Gasteiger partial charge in [-0.15, -0.1) is 24.0 Å². The van der Waals surface area contributed by atoms with Gasteiger partial charge in [-0.05, 0) is 26.1 Å². The predicted molar refractivity (Wildman–Crippen MR) is 115 cm³/mol. The van der Waals surface area contributed by atoms with Crippen molar-refractivity contribution in [1.82, 2.24) is 15.5 Å². The van der Waals surface area contributed by atoms with Gasteiger partial charge in [0.25, 0.3) is 0 Å². The number of rotatable bonds is 9. The maximum atomic E-state index is 5.94. The number of benzene rings is 1. The van der Waals surface area contributed by atoms with E-state index in [1.165, 1.54) is 0 Å². The summed E-state index contributed by atoms with van der Waals surface area (Å²) < 4.78 is 16.7. The van der Waals surface area contributed by atoms with Gasteiger partial charge in [-0.25, -0.2) is 4.99 Å². The summed E-state index contributed by atoms with van der Waals surface area (Å²) in [6.07, 6.45) is -0.0743. The molecule has 1 aromatic rings. The van der Waals surface area contributed by atoms with Crippen molar-refractivity contribution in [3.05, 3.63) is 24.3 Å². The molecule has 0 aliphatic carbocycles. The first kappa shape index (κ1) is 22.8. The first-order valence-electron chi connectivity index (χ1n) is 8.81. The average Bonchev–Trinajstić information content (AvgIpc) is 2.64. The van der Waals surface area contributed by atoms with E-state index in [2.05, 4.69) is 34.5 Å². The van der Waals surface area contributed by atoms with Gasteiger partial charge in [0, 0.05) is 33.3 Å². The number of para-hydroxylation sites is 2. The van der Waals surface area contributed by atoms with Crippen molar-refractivity contribution in [1.29, 1.82) is 0 Å². The molecule has 0 saturated carbocycles. The van der Waals surface area contributed by atoms with Crippen molar-refractivity contribution in [2.75, 3.05) is 60.1 Å². The van der Waals surface area contributed by atoms with E-state index in [0.717, 1.165) is 50.2 Å². The lowest BCUT2D eigenvalue weighted by molar-refractivity contribution is 0.0971. The Bertz CT molecular complexity index is 545. The summed E-state index contributed by atoms with van der Waals surface area (Å²) >= 11 is 0. The van der Waals surface area contributed by atoms with Crippen LogP contribution in [0.1, 0.15) is 6.92 Å². The summed E-state index contributed by atoms with van der Waals surface area (Å²) in [6, 6.07) is 7.72. The first-order chi connectivity index (χ1) is 12.2. The second-order valence-corrected chi connectivity index (χ2v) is 5.94. The van der Waals surface area contributed by atoms with Crippen LogP contribution in [0.15, 0.2) is 29.3 Å². The minimum absolute atomic E-state index is 0. The number of methoxy groups -OCH3 is 1. The molecule has 1 heterocycles. The van der Waals surface area contributed by atoms with Crippen molar-refractivity contribution >= 4 is 29.9 Å². The van der Waals surface area contributed by atoms with E-state index < -0.39 is 0 Å². The van der Waals surface area contributed by atoms with E-state index >= 15 is 0 Å². The Balaban J connectivity index is 0.00000338. The zero-order valence-electron chi connectivity index (χ0n) is 15.9. The predicted octanol–water partition coefficient (Wildman–Crippen LogP) is 1.58. The van der Waals surface area contributed by atoms with E-state index in [-0.39, 0.29) is 30.1 Å². The number of nitrogens with zero attached hydrogens (tertiary/aromatic N) is 2. The molecule has 0 aromatic heterocycles. The summed E-state index contributed by atoms with van der Waals surface area (Å²) in [5.41, 5.74) is 0. The number of aliphatic imine (C=N–C) groups is 1. The zero-order chi connectivity index (χ0) is 17.9. The molecular formula is C18H31IN4O3. The molecule has 1 unspecified atom stereocenters. The number of likely N-dealkylation sites (N-methyl/N-ethyl adjacent to an activating group) is 1. The second-order valence-electron chi connectivity index (χ2n) is 5.94. The van der Waals surface area contributed by atoms with Gasteiger partial charge in [-0.1, -0.05) is 12.1 Å². The summed E-state index contributed by atoms with van der Waals surface area (Å²) in [5.74, 6) is 2.38. The fourth-order valence-electron chi connectivity index (χ4n) is 2.41. The molecule has 0 fully saturated rings. The van der Waals surface area contributed by atoms with Crippen LogP contribution in [0.5, 0.6) is 11.5 Å². The van der Waals surface area contributed by atoms with E-state index in [1.54, 1.807) is 7.11 Å². The number of hydrogen-bond donors (Lipinski definition) is 2. The van der Waals surface area contributed by atoms with E-state index in [1.807, 2.05) is 24.3 Å². The molecule has 8 heteroatoms. The Kier molecular flexibility index (Phi) is 11.4. The highest BCUT2D eigenvalue weighted by atomic mass is 127. The van der Waals surface area contributed by atoms with Crippen molar-refractivity contribution in [2.45, 2.75) is 13.0 Å². The molecule has 0 radical (unpaired) electrons. The third-order valence-electron chi connectivity index (χ3n) is 3.83. The van der Waals surface area contributed by atoms with Crippen molar-refractivity contribution < 1.29 is 14.2 Å². The highest BCUT2D eigenvalue weighted by Crippen LogP contribution is 2.30. The standard InChI is InChI=1S/C18H30N4O3.HI/c1-4-19-18(20-9-10-22(2)11-12-23-3)21-13-15-14-24-16-7-5-6-8-17(16)25-15;/h5-8,15H,4,9-14H2,1-3H3,(H2,19,20,21);1H. The van der Waals surface area contributed by atoms with Crippen LogP contribution in [0.25, 0.3) is 0 Å². The van der Waals surface area contributed by atoms with Crippen LogP contribution >= 0.6 is 24.0 Å². The highest BCUT2D eigenvalue weighted by Gasteiger charge is 2.20. The highest BCUT2D eigenvalue weighted by molar-refractivity contribution is 14.0. The molecule has 2 rings (SSSR count). The van der Waals surface area contributed by atoms with Gasteiger partial charge in [0.2, 0.25) is 0 Å². The molecule has 0 amide bonds. The van der Waals surface area contributed by atoms with Crippen LogP contribution in [0.4, 0.5) is 0 Å². The first-order valence-corrected chi connectivity index (χ1v) is 8.81. The van der Waals surface area contributed by atoms with Crippen LogP contribution in [0, 0.1) is 0 Å². The molecule has 1 aliphatic heterocycles. The average molecular weight is 478 g/mol. The SMILES string of the molecule is CCNC(=NCC1COc2ccccc2O1)NCCN(C)CCOC.I. The Labute approximate surface area is 173 Å². The molecule has 148 valence electrons. The maximum absolute atomic E-state index is 5.94. The number of guanidine groups is 1. The molecule has 0 saturated heterocycles. The normalized spacial score (nSPS) is 16.2. The molecule has 2 N–H and O–H groups in total. The van der Waals surface area contributed by atoms with Crippen LogP contribution in [-0.2, 0) is 4.74 Å². The molecule has 0 spiro atoms. The van der Waals surface area contributed by atoms with Gasteiger partial charge >= 0.3 is 0 Å². The van der Waals surface area contributed by atoms with Crippen molar-refractivity contribution in [3.8, 4) is 11.5 Å². The van der Waals surface area contributed by atoms with Gasteiger partial charge in [0.1, 0.15) is 6.61 Å². The molecule has 0 bridgehead atoms. The van der Waals surface area contributed by atoms with E-state index in [0.29, 0.717) is 13.2 Å². The minimum Gasteiger partial charge on any atom is -0.486 e. The Morgan fingerprint density at radius 1 is 1.27 bits per heavy atom. The molecule has 26 heavy (non-hydrogen) atoms. The Hall–Kier alpha value is -1.26. The number of fused-ring (bicyclic) bond motifs is 1. The largest absolute Gasteiger partial charge is 0.486 e. The van der Waals surface area contributed by atoms with E-state index in [4.69, 9.17) is 14.2 Å².